The minimum absolute atomic E-state index is 0.00612. The summed E-state index contributed by atoms with van der Waals surface area (Å²) in [6.45, 7) is 0.0214. The number of nitrogens with zero attached hydrogens (tertiary/aromatic N) is 1. The van der Waals surface area contributed by atoms with E-state index in [4.69, 9.17) is 5.11 Å². The van der Waals surface area contributed by atoms with Crippen LogP contribution in [-0.4, -0.2) is 51.0 Å². The lowest BCUT2D eigenvalue weighted by Gasteiger charge is -2.42. The fourth-order valence-electron chi connectivity index (χ4n) is 6.74. The van der Waals surface area contributed by atoms with Gasteiger partial charge in [0.25, 0.3) is 0 Å². The van der Waals surface area contributed by atoms with Crippen molar-refractivity contribution < 1.29 is 34.2 Å². The van der Waals surface area contributed by atoms with Gasteiger partial charge in [0, 0.05) is 47.1 Å². The van der Waals surface area contributed by atoms with Crippen molar-refractivity contribution in [3.8, 4) is 5.75 Å². The Morgan fingerprint density at radius 2 is 1.79 bits per heavy atom. The first-order valence-corrected chi connectivity index (χ1v) is 13.6. The lowest BCUT2D eigenvalue weighted by atomic mass is 9.59. The molecule has 0 aromatic heterocycles. The zero-order chi connectivity index (χ0) is 27.6. The number of ketones is 2. The fraction of sp³-hybridized carbons (Fsp3) is 0.300. The molecule has 6 rings (SSSR count). The molecule has 4 atom stereocenters. The maximum Gasteiger partial charge on any atom is 0.303 e. The zero-order valence-electron chi connectivity index (χ0n) is 20.7. The van der Waals surface area contributed by atoms with Gasteiger partial charge in [-0.15, -0.1) is 0 Å². The lowest BCUT2D eigenvalue weighted by Crippen LogP contribution is -2.39. The van der Waals surface area contributed by atoms with Gasteiger partial charge in [-0.1, -0.05) is 48.0 Å². The Bertz CT molecular complexity index is 1600. The SMILES string of the molecule is O=C(O)CCCN1C(=O)C2CC=C3C(c4ccc5ccccc5c4O)C4=C(CC3C2C1=O)C(=O)C(Br)=CC4=O. The van der Waals surface area contributed by atoms with Gasteiger partial charge in [-0.05, 0) is 46.5 Å². The Labute approximate surface area is 231 Å². The van der Waals surface area contributed by atoms with Crippen molar-refractivity contribution >= 4 is 56.1 Å². The summed E-state index contributed by atoms with van der Waals surface area (Å²) in [6.07, 6.45) is 3.56. The molecule has 1 aliphatic heterocycles. The Balaban J connectivity index is 1.47. The summed E-state index contributed by atoms with van der Waals surface area (Å²) in [5.41, 5.74) is 1.81. The van der Waals surface area contributed by atoms with E-state index in [2.05, 4.69) is 15.9 Å². The van der Waals surface area contributed by atoms with E-state index in [0.717, 1.165) is 15.9 Å². The van der Waals surface area contributed by atoms with Crippen molar-refractivity contribution in [2.45, 2.75) is 31.6 Å². The van der Waals surface area contributed by atoms with E-state index >= 15 is 0 Å². The van der Waals surface area contributed by atoms with Crippen LogP contribution < -0.4 is 0 Å². The zero-order valence-corrected chi connectivity index (χ0v) is 22.3. The van der Waals surface area contributed by atoms with Gasteiger partial charge in [-0.2, -0.15) is 0 Å². The second-order valence-electron chi connectivity index (χ2n) is 10.4. The van der Waals surface area contributed by atoms with E-state index < -0.39 is 29.6 Å². The number of carboxylic acid groups (broad SMARTS) is 1. The van der Waals surface area contributed by atoms with E-state index in [1.807, 2.05) is 30.3 Å². The average Bonchev–Trinajstić information content (AvgIpc) is 3.16. The van der Waals surface area contributed by atoms with Crippen LogP contribution in [0.4, 0.5) is 0 Å². The van der Waals surface area contributed by atoms with Gasteiger partial charge in [0.15, 0.2) is 11.6 Å². The Hall–Kier alpha value is -3.85. The average molecular weight is 590 g/mol. The number of phenols is 1. The van der Waals surface area contributed by atoms with Crippen molar-refractivity contribution in [2.24, 2.45) is 17.8 Å². The van der Waals surface area contributed by atoms with E-state index in [1.165, 1.54) is 6.08 Å². The number of rotatable bonds is 5. The van der Waals surface area contributed by atoms with Gasteiger partial charge >= 0.3 is 5.97 Å². The summed E-state index contributed by atoms with van der Waals surface area (Å²) in [5, 5.41) is 21.8. The molecule has 9 heteroatoms. The Kier molecular flexibility index (Phi) is 6.14. The summed E-state index contributed by atoms with van der Waals surface area (Å²) >= 11 is 3.21. The standard InChI is InChI=1S/C30H24BrNO7/c31-21-13-22(33)26-20(28(21)37)12-19-16(24(26)17-8-7-14-4-1-2-5-15(14)27(17)36)9-10-18-25(19)30(39)32(29(18)38)11-3-6-23(34)35/h1-2,4-5,7-9,13,18-19,24-25,36H,3,6,10-12H2,(H,34,35). The van der Waals surface area contributed by atoms with Gasteiger partial charge in [0.05, 0.1) is 16.3 Å². The molecule has 3 aliphatic carbocycles. The van der Waals surface area contributed by atoms with E-state index in [0.29, 0.717) is 22.1 Å². The highest BCUT2D eigenvalue weighted by atomic mass is 79.9. The molecule has 39 heavy (non-hydrogen) atoms. The van der Waals surface area contributed by atoms with Gasteiger partial charge in [0.1, 0.15) is 5.75 Å². The summed E-state index contributed by atoms with van der Waals surface area (Å²) in [7, 11) is 0. The van der Waals surface area contributed by atoms with Crippen LogP contribution in [0.2, 0.25) is 0 Å². The molecule has 1 heterocycles. The predicted molar refractivity (Wildman–Crippen MR) is 144 cm³/mol. The topological polar surface area (TPSA) is 129 Å². The maximum atomic E-state index is 13.6. The quantitative estimate of drug-likeness (QED) is 0.304. The second-order valence-corrected chi connectivity index (χ2v) is 11.3. The minimum Gasteiger partial charge on any atom is -0.507 e. The predicted octanol–water partition coefficient (Wildman–Crippen LogP) is 4.17. The molecule has 0 spiro atoms. The number of amides is 2. The number of hydrogen-bond acceptors (Lipinski definition) is 6. The molecule has 0 bridgehead atoms. The molecule has 4 aliphatic rings. The first kappa shape index (κ1) is 25.4. The van der Waals surface area contributed by atoms with Crippen molar-refractivity contribution in [3.63, 3.8) is 0 Å². The Morgan fingerprint density at radius 3 is 2.56 bits per heavy atom. The fourth-order valence-corrected chi connectivity index (χ4v) is 7.19. The largest absolute Gasteiger partial charge is 0.507 e. The van der Waals surface area contributed by atoms with Crippen molar-refractivity contribution in [1.29, 1.82) is 0 Å². The van der Waals surface area contributed by atoms with Crippen LogP contribution in [-0.2, 0) is 24.0 Å². The van der Waals surface area contributed by atoms with Crippen LogP contribution in [0.15, 0.2) is 69.8 Å². The number of halogens is 1. The lowest BCUT2D eigenvalue weighted by molar-refractivity contribution is -0.142. The number of phenolic OH excluding ortho intramolecular Hbond substituents is 1. The molecule has 1 fully saturated rings. The molecule has 8 nitrogen and oxygen atoms in total. The monoisotopic (exact) mass is 589 g/mol. The van der Waals surface area contributed by atoms with Crippen LogP contribution in [0.5, 0.6) is 5.75 Å². The number of aromatic hydroxyl groups is 1. The van der Waals surface area contributed by atoms with Crippen LogP contribution in [0, 0.1) is 17.8 Å². The molecule has 4 unspecified atom stereocenters. The third-order valence-corrected chi connectivity index (χ3v) is 9.03. The number of fused-ring (bicyclic) bond motifs is 4. The summed E-state index contributed by atoms with van der Waals surface area (Å²) in [4.78, 5) is 65.7. The highest BCUT2D eigenvalue weighted by molar-refractivity contribution is 9.12. The third kappa shape index (κ3) is 3.90. The third-order valence-electron chi connectivity index (χ3n) is 8.44. The van der Waals surface area contributed by atoms with Crippen LogP contribution in [0.3, 0.4) is 0 Å². The number of Topliss-reactive ketones (excluding diaryl/α,β-unsaturated/α-hetero) is 1. The number of carboxylic acids is 1. The summed E-state index contributed by atoms with van der Waals surface area (Å²) in [5.74, 6) is -4.98. The highest BCUT2D eigenvalue weighted by Gasteiger charge is 2.56. The first-order valence-electron chi connectivity index (χ1n) is 12.9. The van der Waals surface area contributed by atoms with E-state index in [-0.39, 0.29) is 65.8 Å². The molecule has 1 saturated heterocycles. The van der Waals surface area contributed by atoms with Gasteiger partial charge in [0.2, 0.25) is 11.8 Å². The molecule has 2 aromatic carbocycles. The van der Waals surface area contributed by atoms with Gasteiger partial charge in [-0.3, -0.25) is 28.9 Å². The summed E-state index contributed by atoms with van der Waals surface area (Å²) < 4.78 is 0.136. The van der Waals surface area contributed by atoms with Gasteiger partial charge in [-0.25, -0.2) is 0 Å². The number of benzene rings is 2. The number of imide groups is 1. The minimum atomic E-state index is -1.00. The second kappa shape index (κ2) is 9.41. The summed E-state index contributed by atoms with van der Waals surface area (Å²) in [6, 6.07) is 10.9. The smallest absolute Gasteiger partial charge is 0.303 e. The van der Waals surface area contributed by atoms with Crippen molar-refractivity contribution in [1.82, 2.24) is 4.90 Å². The van der Waals surface area contributed by atoms with E-state index in [1.54, 1.807) is 12.1 Å². The van der Waals surface area contributed by atoms with Gasteiger partial charge < -0.3 is 10.2 Å². The molecule has 0 saturated carbocycles. The normalized spacial score (nSPS) is 26.3. The number of carbonyl (C=O) groups is 5. The van der Waals surface area contributed by atoms with Crippen LogP contribution in [0.25, 0.3) is 10.8 Å². The van der Waals surface area contributed by atoms with Crippen molar-refractivity contribution in [2.75, 3.05) is 6.54 Å². The maximum absolute atomic E-state index is 13.6. The molecule has 2 N–H and O–H groups in total. The molecular formula is C30H24BrNO7. The molecule has 2 aromatic rings. The number of hydrogen-bond donors (Lipinski definition) is 2. The van der Waals surface area contributed by atoms with E-state index in [9.17, 15) is 29.1 Å². The highest BCUT2D eigenvalue weighted by Crippen LogP contribution is 2.56. The molecular weight excluding hydrogens is 566 g/mol. The Morgan fingerprint density at radius 1 is 1.03 bits per heavy atom. The van der Waals surface area contributed by atoms with Crippen LogP contribution in [0.1, 0.15) is 37.2 Å². The first-order chi connectivity index (χ1) is 18.7. The van der Waals surface area contributed by atoms with Crippen LogP contribution >= 0.6 is 15.9 Å². The number of carbonyl (C=O) groups excluding carboxylic acids is 4. The number of allylic oxidation sites excluding steroid dienone is 6. The number of aliphatic carboxylic acids is 1. The number of likely N-dealkylation sites (tertiary alicyclic amines) is 1. The molecule has 198 valence electrons. The molecule has 2 amide bonds. The molecule has 0 radical (unpaired) electrons. The van der Waals surface area contributed by atoms with Crippen molar-refractivity contribution in [3.05, 3.63) is 75.3 Å².